The van der Waals surface area contributed by atoms with Crippen molar-refractivity contribution in [3.05, 3.63) is 24.3 Å². The summed E-state index contributed by atoms with van der Waals surface area (Å²) in [7, 11) is 0. The van der Waals surface area contributed by atoms with Gasteiger partial charge in [0.1, 0.15) is 0 Å². The highest BCUT2D eigenvalue weighted by atomic mass is 19.4. The second-order valence-corrected chi connectivity index (χ2v) is 10.7. The maximum absolute atomic E-state index is 14.2. The summed E-state index contributed by atoms with van der Waals surface area (Å²) in [5.41, 5.74) is 0. The fraction of sp³-hybridized carbons (Fsp3) is 0.821. The Hall–Kier alpha value is -2.24. The highest BCUT2D eigenvalue weighted by Crippen LogP contribution is 2.64. The van der Waals surface area contributed by atoms with E-state index in [1.165, 1.54) is 0 Å². The Balaban J connectivity index is 5.20. The van der Waals surface area contributed by atoms with E-state index in [0.29, 0.717) is 19.3 Å². The lowest BCUT2D eigenvalue weighted by Crippen LogP contribution is -2.75. The van der Waals surface area contributed by atoms with Crippen molar-refractivity contribution in [2.45, 2.75) is 145 Å². The van der Waals surface area contributed by atoms with Gasteiger partial charge in [0.15, 0.2) is 6.10 Å². The molecule has 0 spiro atoms. The summed E-state index contributed by atoms with van der Waals surface area (Å²) in [6.07, 6.45) is 3.32. The minimum atomic E-state index is -8.71. The second kappa shape index (κ2) is 16.9. The average Bonchev–Trinajstić information content (AvgIpc) is 2.93. The SMILES string of the molecule is CCCCCC=CCC=CCCCCCCCC(=O)OC(C)C(F)(F)C(F)(F)C(F)(F)C(F)(F)C(F)(F)C(F)(F)C(F)(F)C(F)(F)F. The van der Waals surface area contributed by atoms with Gasteiger partial charge >= 0.3 is 53.6 Å². The molecule has 278 valence electrons. The van der Waals surface area contributed by atoms with Gasteiger partial charge in [-0.1, -0.05) is 63.3 Å². The molecule has 0 aliphatic heterocycles. The minimum absolute atomic E-state index is 0.130. The number of hydrogen-bond acceptors (Lipinski definition) is 2. The zero-order valence-electron chi connectivity index (χ0n) is 25.1. The van der Waals surface area contributed by atoms with Crippen molar-refractivity contribution in [1.82, 2.24) is 0 Å². The predicted octanol–water partition coefficient (Wildman–Crippen LogP) is 11.7. The van der Waals surface area contributed by atoms with Crippen LogP contribution in [0.25, 0.3) is 0 Å². The van der Waals surface area contributed by atoms with E-state index in [1.807, 2.05) is 18.2 Å². The van der Waals surface area contributed by atoms with E-state index in [9.17, 15) is 79.4 Å². The predicted molar refractivity (Wildman–Crippen MR) is 136 cm³/mol. The van der Waals surface area contributed by atoms with Gasteiger partial charge in [-0.05, 0) is 45.4 Å². The Morgan fingerprint density at radius 2 is 0.915 bits per heavy atom. The molecule has 0 rings (SSSR count). The molecule has 47 heavy (non-hydrogen) atoms. The Kier molecular flexibility index (Phi) is 16.1. The molecule has 0 bridgehead atoms. The van der Waals surface area contributed by atoms with E-state index in [1.54, 1.807) is 0 Å². The number of unbranched alkanes of at least 4 members (excludes halogenated alkanes) is 8. The number of allylic oxidation sites excluding steroid dienone is 4. The van der Waals surface area contributed by atoms with Crippen LogP contribution in [0.2, 0.25) is 0 Å². The van der Waals surface area contributed by atoms with Crippen molar-refractivity contribution in [2.24, 2.45) is 0 Å². The number of rotatable bonds is 22. The summed E-state index contributed by atoms with van der Waals surface area (Å²) < 4.78 is 232. The van der Waals surface area contributed by atoms with Crippen molar-refractivity contribution < 1.29 is 84.2 Å². The molecule has 0 heterocycles. The van der Waals surface area contributed by atoms with Gasteiger partial charge in [-0.3, -0.25) is 4.79 Å². The largest absolute Gasteiger partial charge is 0.460 e. The average molecular weight is 727 g/mol. The second-order valence-electron chi connectivity index (χ2n) is 10.7. The number of hydrogen-bond donors (Lipinski definition) is 0. The third-order valence-electron chi connectivity index (χ3n) is 6.90. The number of ether oxygens (including phenoxy) is 1. The summed E-state index contributed by atoms with van der Waals surface area (Å²) in [5, 5.41) is 0. The van der Waals surface area contributed by atoms with Crippen molar-refractivity contribution >= 4 is 5.97 Å². The maximum atomic E-state index is 14.2. The van der Waals surface area contributed by atoms with E-state index in [-0.39, 0.29) is 19.8 Å². The number of carbonyl (C=O) groups excluding carboxylic acids is 1. The molecule has 2 nitrogen and oxygen atoms in total. The molecular weight excluding hydrogens is 691 g/mol. The van der Waals surface area contributed by atoms with Gasteiger partial charge in [-0.25, -0.2) is 0 Å². The first kappa shape index (κ1) is 44.8. The summed E-state index contributed by atoms with van der Waals surface area (Å²) in [6.45, 7) is 1.80. The van der Waals surface area contributed by atoms with Crippen LogP contribution in [0, 0.1) is 0 Å². The summed E-state index contributed by atoms with van der Waals surface area (Å²) in [6, 6.07) is 0. The van der Waals surface area contributed by atoms with Gasteiger partial charge in [-0.2, -0.15) is 74.6 Å². The quantitative estimate of drug-likeness (QED) is 0.0481. The normalized spacial score (nSPS) is 15.6. The van der Waals surface area contributed by atoms with E-state index < -0.39 is 66.1 Å². The molecule has 19 heteroatoms. The molecule has 0 fully saturated rings. The van der Waals surface area contributed by atoms with Gasteiger partial charge < -0.3 is 4.74 Å². The monoisotopic (exact) mass is 726 g/mol. The van der Waals surface area contributed by atoms with E-state index in [0.717, 1.165) is 38.5 Å². The van der Waals surface area contributed by atoms with Crippen LogP contribution in [0.1, 0.15) is 90.9 Å². The van der Waals surface area contributed by atoms with E-state index >= 15 is 0 Å². The summed E-state index contributed by atoms with van der Waals surface area (Å²) in [4.78, 5) is 11.7. The summed E-state index contributed by atoms with van der Waals surface area (Å²) >= 11 is 0. The first-order valence-electron chi connectivity index (χ1n) is 14.3. The minimum Gasteiger partial charge on any atom is -0.456 e. The molecule has 1 atom stereocenters. The van der Waals surface area contributed by atoms with Gasteiger partial charge in [0, 0.05) is 6.42 Å². The molecule has 0 saturated heterocycles. The number of carbonyl (C=O) groups is 1. The van der Waals surface area contributed by atoms with Crippen LogP contribution in [0.5, 0.6) is 0 Å². The van der Waals surface area contributed by atoms with Crippen LogP contribution in [0.4, 0.5) is 74.6 Å². The topological polar surface area (TPSA) is 26.3 Å². The van der Waals surface area contributed by atoms with Crippen molar-refractivity contribution in [3.8, 4) is 0 Å². The zero-order valence-corrected chi connectivity index (χ0v) is 25.1. The Labute approximate surface area is 259 Å². The molecule has 0 N–H and O–H groups in total. The van der Waals surface area contributed by atoms with Crippen LogP contribution >= 0.6 is 0 Å². The van der Waals surface area contributed by atoms with Crippen LogP contribution < -0.4 is 0 Å². The van der Waals surface area contributed by atoms with Crippen molar-refractivity contribution in [3.63, 3.8) is 0 Å². The van der Waals surface area contributed by atoms with E-state index in [4.69, 9.17) is 0 Å². The van der Waals surface area contributed by atoms with Crippen LogP contribution in [0.3, 0.4) is 0 Å². The molecule has 0 aromatic heterocycles. The van der Waals surface area contributed by atoms with E-state index in [2.05, 4.69) is 17.7 Å². The lowest BCUT2D eigenvalue weighted by molar-refractivity contribution is -0.463. The van der Waals surface area contributed by atoms with Gasteiger partial charge in [0.25, 0.3) is 0 Å². The molecule has 0 aliphatic rings. The highest BCUT2D eigenvalue weighted by Gasteiger charge is 2.95. The molecule has 0 aromatic carbocycles. The first-order chi connectivity index (χ1) is 21.1. The first-order valence-corrected chi connectivity index (χ1v) is 14.3. The van der Waals surface area contributed by atoms with Gasteiger partial charge in [0.05, 0.1) is 0 Å². The van der Waals surface area contributed by atoms with Crippen LogP contribution in [-0.4, -0.2) is 59.7 Å². The molecule has 0 aliphatic carbocycles. The third kappa shape index (κ3) is 9.91. The van der Waals surface area contributed by atoms with Crippen LogP contribution in [0.15, 0.2) is 24.3 Å². The smallest absolute Gasteiger partial charge is 0.456 e. The Bertz CT molecular complexity index is 1020. The molecule has 0 radical (unpaired) electrons. The molecule has 1 unspecified atom stereocenters. The standard InChI is InChI=1S/C28H35F17O2/c1-3-4-5-6-7-8-9-10-11-12-13-14-15-16-17-18-20(46)47-19(2)21(29,30)22(31,32)23(33,34)24(35,36)25(37,38)26(39,40)27(41,42)28(43,44)45/h7-8,10-11,19H,3-6,9,12-18H2,1-2H3. The Morgan fingerprint density at radius 1 is 0.532 bits per heavy atom. The van der Waals surface area contributed by atoms with Gasteiger partial charge in [0.2, 0.25) is 0 Å². The van der Waals surface area contributed by atoms with Gasteiger partial charge in [-0.15, -0.1) is 0 Å². The Morgan fingerprint density at radius 3 is 1.36 bits per heavy atom. The van der Waals surface area contributed by atoms with Crippen LogP contribution in [-0.2, 0) is 9.53 Å². The number of alkyl halides is 17. The lowest BCUT2D eigenvalue weighted by Gasteiger charge is -2.43. The van der Waals surface area contributed by atoms with Crippen molar-refractivity contribution in [1.29, 1.82) is 0 Å². The molecular formula is C28H35F17O2. The summed E-state index contributed by atoms with van der Waals surface area (Å²) in [5.74, 6) is -59.1. The number of esters is 1. The fourth-order valence-electron chi connectivity index (χ4n) is 3.84. The number of halogens is 17. The molecule has 0 amide bonds. The molecule has 0 saturated carbocycles. The maximum Gasteiger partial charge on any atom is 0.460 e. The third-order valence-corrected chi connectivity index (χ3v) is 6.90. The fourth-order valence-corrected chi connectivity index (χ4v) is 3.84. The highest BCUT2D eigenvalue weighted by molar-refractivity contribution is 5.69. The molecule has 0 aromatic rings. The zero-order chi connectivity index (χ0) is 37.2. The van der Waals surface area contributed by atoms with Crippen molar-refractivity contribution in [2.75, 3.05) is 0 Å². The lowest BCUT2D eigenvalue weighted by atomic mass is 9.88.